The van der Waals surface area contributed by atoms with E-state index in [9.17, 15) is 4.79 Å². The number of nitrogens with zero attached hydrogens (tertiary/aromatic N) is 3. The van der Waals surface area contributed by atoms with Crippen LogP contribution in [0.3, 0.4) is 0 Å². The summed E-state index contributed by atoms with van der Waals surface area (Å²) in [5, 5.41) is 8.58. The van der Waals surface area contributed by atoms with Gasteiger partial charge in [-0.1, -0.05) is 0 Å². The Kier molecular flexibility index (Phi) is 1.92. The van der Waals surface area contributed by atoms with Crippen LogP contribution in [0.2, 0.25) is 0 Å². The minimum Gasteiger partial charge on any atom is -0.481 e. The van der Waals surface area contributed by atoms with Crippen molar-refractivity contribution in [3.05, 3.63) is 29.8 Å². The van der Waals surface area contributed by atoms with Crippen molar-refractivity contribution in [2.75, 3.05) is 0 Å². The lowest BCUT2D eigenvalue weighted by Crippen LogP contribution is -1.99. The van der Waals surface area contributed by atoms with Crippen LogP contribution in [-0.4, -0.2) is 25.4 Å². The lowest BCUT2D eigenvalue weighted by molar-refractivity contribution is -0.136. The molecule has 0 spiro atoms. The maximum atomic E-state index is 10.4. The SMILES string of the molecule is Cc1ccn2cc(CC(=O)O)nc2n1. The van der Waals surface area contributed by atoms with Crippen molar-refractivity contribution in [3.8, 4) is 0 Å². The number of imidazole rings is 1. The zero-order chi connectivity index (χ0) is 10.1. The molecule has 0 aliphatic rings. The number of rotatable bonds is 2. The summed E-state index contributed by atoms with van der Waals surface area (Å²) in [7, 11) is 0. The van der Waals surface area contributed by atoms with Crippen LogP contribution in [0.1, 0.15) is 11.4 Å². The van der Waals surface area contributed by atoms with Crippen LogP contribution >= 0.6 is 0 Å². The van der Waals surface area contributed by atoms with Gasteiger partial charge in [0.05, 0.1) is 12.1 Å². The van der Waals surface area contributed by atoms with Crippen molar-refractivity contribution in [1.29, 1.82) is 0 Å². The van der Waals surface area contributed by atoms with Crippen molar-refractivity contribution in [3.63, 3.8) is 0 Å². The Hall–Kier alpha value is -1.91. The maximum Gasteiger partial charge on any atom is 0.309 e. The van der Waals surface area contributed by atoms with Gasteiger partial charge >= 0.3 is 5.97 Å². The predicted molar refractivity (Wildman–Crippen MR) is 49.1 cm³/mol. The Labute approximate surface area is 80.0 Å². The van der Waals surface area contributed by atoms with E-state index < -0.39 is 5.97 Å². The molecule has 2 heterocycles. The van der Waals surface area contributed by atoms with E-state index in [-0.39, 0.29) is 6.42 Å². The second kappa shape index (κ2) is 3.10. The molecule has 0 aliphatic heterocycles. The largest absolute Gasteiger partial charge is 0.481 e. The van der Waals surface area contributed by atoms with Crippen molar-refractivity contribution in [2.45, 2.75) is 13.3 Å². The number of fused-ring (bicyclic) bond motifs is 1. The van der Waals surface area contributed by atoms with Gasteiger partial charge in [-0.2, -0.15) is 0 Å². The van der Waals surface area contributed by atoms with E-state index in [1.807, 2.05) is 19.2 Å². The third kappa shape index (κ3) is 1.56. The third-order valence-corrected chi connectivity index (χ3v) is 1.85. The van der Waals surface area contributed by atoms with Crippen LogP contribution in [0.25, 0.3) is 5.78 Å². The molecule has 0 unspecified atom stereocenters. The molecule has 5 heteroatoms. The van der Waals surface area contributed by atoms with Crippen LogP contribution in [0.4, 0.5) is 0 Å². The number of carbonyl (C=O) groups is 1. The van der Waals surface area contributed by atoms with Crippen LogP contribution in [0, 0.1) is 6.92 Å². The molecule has 0 aliphatic carbocycles. The molecule has 72 valence electrons. The van der Waals surface area contributed by atoms with E-state index in [4.69, 9.17) is 5.11 Å². The number of hydrogen-bond acceptors (Lipinski definition) is 3. The Bertz CT molecular complexity index is 490. The summed E-state index contributed by atoms with van der Waals surface area (Å²) in [5.41, 5.74) is 1.39. The first kappa shape index (κ1) is 8.68. The molecule has 14 heavy (non-hydrogen) atoms. The van der Waals surface area contributed by atoms with E-state index >= 15 is 0 Å². The van der Waals surface area contributed by atoms with Crippen LogP contribution in [0.15, 0.2) is 18.5 Å². The highest BCUT2D eigenvalue weighted by atomic mass is 16.4. The molecule has 1 N–H and O–H groups in total. The molecule has 2 aromatic rings. The zero-order valence-electron chi connectivity index (χ0n) is 7.64. The molecule has 0 atom stereocenters. The topological polar surface area (TPSA) is 67.5 Å². The minimum atomic E-state index is -0.884. The average molecular weight is 191 g/mol. The quantitative estimate of drug-likeness (QED) is 0.757. The standard InChI is InChI=1S/C9H9N3O2/c1-6-2-3-12-5-7(4-8(13)14)11-9(12)10-6/h2-3,5H,4H2,1H3,(H,13,14). The molecule has 0 fully saturated rings. The van der Waals surface area contributed by atoms with Gasteiger partial charge in [0.2, 0.25) is 5.78 Å². The number of aromatic nitrogens is 3. The lowest BCUT2D eigenvalue weighted by Gasteiger charge is -1.91. The van der Waals surface area contributed by atoms with E-state index in [1.165, 1.54) is 0 Å². The predicted octanol–water partition coefficient (Wildman–Crippen LogP) is 0.665. The van der Waals surface area contributed by atoms with Gasteiger partial charge in [-0.3, -0.25) is 9.20 Å². The highest BCUT2D eigenvalue weighted by molar-refractivity contribution is 5.69. The fourth-order valence-electron chi connectivity index (χ4n) is 1.25. The minimum absolute atomic E-state index is 0.0671. The van der Waals surface area contributed by atoms with E-state index in [2.05, 4.69) is 9.97 Å². The third-order valence-electron chi connectivity index (χ3n) is 1.85. The Morgan fingerprint density at radius 2 is 2.36 bits per heavy atom. The van der Waals surface area contributed by atoms with Gasteiger partial charge < -0.3 is 5.11 Å². The molecule has 0 bridgehead atoms. The molecule has 0 saturated heterocycles. The first-order valence-electron chi connectivity index (χ1n) is 4.18. The lowest BCUT2D eigenvalue weighted by atomic mass is 10.3. The van der Waals surface area contributed by atoms with Gasteiger partial charge in [0.15, 0.2) is 0 Å². The fraction of sp³-hybridized carbons (Fsp3) is 0.222. The van der Waals surface area contributed by atoms with Crippen molar-refractivity contribution in [1.82, 2.24) is 14.4 Å². The Morgan fingerprint density at radius 3 is 3.07 bits per heavy atom. The summed E-state index contributed by atoms with van der Waals surface area (Å²) in [5.74, 6) is -0.341. The van der Waals surface area contributed by atoms with E-state index in [0.717, 1.165) is 5.69 Å². The van der Waals surface area contributed by atoms with Crippen LogP contribution in [-0.2, 0) is 11.2 Å². The maximum absolute atomic E-state index is 10.4. The number of hydrogen-bond donors (Lipinski definition) is 1. The Balaban J connectivity index is 2.46. The number of carboxylic acids is 1. The highest BCUT2D eigenvalue weighted by Crippen LogP contribution is 2.04. The fourth-order valence-corrected chi connectivity index (χ4v) is 1.25. The highest BCUT2D eigenvalue weighted by Gasteiger charge is 2.06. The molecule has 0 aromatic carbocycles. The van der Waals surface area contributed by atoms with Gasteiger partial charge in [-0.25, -0.2) is 9.97 Å². The normalized spacial score (nSPS) is 10.6. The van der Waals surface area contributed by atoms with E-state index in [0.29, 0.717) is 11.5 Å². The first-order valence-corrected chi connectivity index (χ1v) is 4.18. The number of aryl methyl sites for hydroxylation is 1. The summed E-state index contributed by atoms with van der Waals surface area (Å²) < 4.78 is 1.71. The molecule has 2 rings (SSSR count). The monoisotopic (exact) mass is 191 g/mol. The molecular weight excluding hydrogens is 182 g/mol. The molecule has 0 radical (unpaired) electrons. The van der Waals surface area contributed by atoms with Gasteiger partial charge in [0, 0.05) is 18.1 Å². The second-order valence-corrected chi connectivity index (χ2v) is 3.08. The molecular formula is C9H9N3O2. The van der Waals surface area contributed by atoms with Gasteiger partial charge in [-0.15, -0.1) is 0 Å². The second-order valence-electron chi connectivity index (χ2n) is 3.08. The number of carboxylic acid groups (broad SMARTS) is 1. The molecule has 0 amide bonds. The van der Waals surface area contributed by atoms with Crippen LogP contribution < -0.4 is 0 Å². The summed E-state index contributed by atoms with van der Waals surface area (Å²) in [6.45, 7) is 1.87. The molecule has 5 nitrogen and oxygen atoms in total. The molecule has 0 saturated carbocycles. The van der Waals surface area contributed by atoms with Crippen molar-refractivity contribution >= 4 is 11.7 Å². The van der Waals surface area contributed by atoms with E-state index in [1.54, 1.807) is 10.6 Å². The average Bonchev–Trinajstić information content (AvgIpc) is 2.44. The summed E-state index contributed by atoms with van der Waals surface area (Å²) in [6, 6.07) is 1.85. The van der Waals surface area contributed by atoms with Gasteiger partial charge in [0.1, 0.15) is 0 Å². The van der Waals surface area contributed by atoms with Gasteiger partial charge in [-0.05, 0) is 13.0 Å². The van der Waals surface area contributed by atoms with Crippen molar-refractivity contribution < 1.29 is 9.90 Å². The summed E-state index contributed by atoms with van der Waals surface area (Å²) in [6.07, 6.45) is 3.42. The van der Waals surface area contributed by atoms with Crippen LogP contribution in [0.5, 0.6) is 0 Å². The number of aliphatic carboxylic acids is 1. The summed E-state index contributed by atoms with van der Waals surface area (Å²) >= 11 is 0. The summed E-state index contributed by atoms with van der Waals surface area (Å²) in [4.78, 5) is 18.7. The Morgan fingerprint density at radius 1 is 1.57 bits per heavy atom. The van der Waals surface area contributed by atoms with Crippen molar-refractivity contribution in [2.24, 2.45) is 0 Å². The first-order chi connectivity index (χ1) is 6.65. The zero-order valence-corrected chi connectivity index (χ0v) is 7.64. The molecule has 2 aromatic heterocycles. The van der Waals surface area contributed by atoms with Gasteiger partial charge in [0.25, 0.3) is 0 Å². The smallest absolute Gasteiger partial charge is 0.309 e.